The van der Waals surface area contributed by atoms with Crippen molar-refractivity contribution in [3.8, 4) is 17.2 Å². The Kier molecular flexibility index (Phi) is 3.06. The zero-order valence-corrected chi connectivity index (χ0v) is 11.7. The molecule has 0 spiro atoms. The number of nitriles is 1. The van der Waals surface area contributed by atoms with Gasteiger partial charge in [0.25, 0.3) is 0 Å². The third-order valence-corrected chi connectivity index (χ3v) is 3.69. The second-order valence-corrected chi connectivity index (χ2v) is 5.28. The maximum absolute atomic E-state index is 9.33. The quantitative estimate of drug-likeness (QED) is 0.610. The third kappa shape index (κ3) is 2.25. The summed E-state index contributed by atoms with van der Waals surface area (Å²) in [6, 6.07) is 22.4. The van der Waals surface area contributed by atoms with Crippen molar-refractivity contribution in [1.29, 1.82) is 5.26 Å². The highest BCUT2D eigenvalue weighted by Crippen LogP contribution is 2.29. The van der Waals surface area contributed by atoms with Gasteiger partial charge in [-0.25, -0.2) is 0 Å². The predicted molar refractivity (Wildman–Crippen MR) is 81.8 cm³/mol. The highest BCUT2D eigenvalue weighted by Gasteiger charge is 2.06. The van der Waals surface area contributed by atoms with Crippen LogP contribution in [0, 0.1) is 11.3 Å². The predicted octanol–water partition coefficient (Wildman–Crippen LogP) is 5.14. The fourth-order valence-electron chi connectivity index (χ4n) is 2.20. The van der Waals surface area contributed by atoms with Crippen LogP contribution in [0.4, 0.5) is 0 Å². The molecule has 0 heterocycles. The van der Waals surface area contributed by atoms with Gasteiger partial charge >= 0.3 is 0 Å². The van der Waals surface area contributed by atoms with Gasteiger partial charge in [0.2, 0.25) is 0 Å². The Hall–Kier alpha value is -2.11. The summed E-state index contributed by atoms with van der Waals surface area (Å²) in [5, 5.41) is 11.6. The molecule has 1 nitrogen and oxygen atoms in total. The Labute approximate surface area is 120 Å². The second kappa shape index (κ2) is 4.87. The van der Waals surface area contributed by atoms with E-state index < -0.39 is 0 Å². The van der Waals surface area contributed by atoms with Crippen LogP contribution in [0.5, 0.6) is 0 Å². The van der Waals surface area contributed by atoms with Crippen molar-refractivity contribution in [3.05, 3.63) is 70.7 Å². The molecule has 0 atom stereocenters. The molecule has 19 heavy (non-hydrogen) atoms. The first-order chi connectivity index (χ1) is 9.28. The molecular weight excluding hydrogens is 298 g/mol. The zero-order valence-electron chi connectivity index (χ0n) is 10.1. The fraction of sp³-hybridized carbons (Fsp3) is 0. The lowest BCUT2D eigenvalue weighted by Crippen LogP contribution is -1.85. The number of halogens is 1. The number of hydrogen-bond acceptors (Lipinski definition) is 1. The SMILES string of the molecule is N#Cc1cc2ccccc2cc1-c1ccc(Br)cc1. The van der Waals surface area contributed by atoms with E-state index in [1.165, 1.54) is 0 Å². The molecule has 0 amide bonds. The molecule has 0 aliphatic rings. The van der Waals surface area contributed by atoms with Gasteiger partial charge in [0.05, 0.1) is 11.6 Å². The molecular formula is C17H10BrN. The van der Waals surface area contributed by atoms with E-state index in [0.29, 0.717) is 5.56 Å². The highest BCUT2D eigenvalue weighted by atomic mass is 79.9. The molecule has 0 saturated carbocycles. The number of nitrogens with zero attached hydrogens (tertiary/aromatic N) is 1. The number of fused-ring (bicyclic) bond motifs is 1. The van der Waals surface area contributed by atoms with Crippen molar-refractivity contribution < 1.29 is 0 Å². The molecule has 0 aromatic heterocycles. The van der Waals surface area contributed by atoms with Gasteiger partial charge in [-0.2, -0.15) is 5.26 Å². The Morgan fingerprint density at radius 2 is 1.47 bits per heavy atom. The normalized spacial score (nSPS) is 10.3. The lowest BCUT2D eigenvalue weighted by Gasteiger charge is -2.07. The molecule has 0 bridgehead atoms. The molecule has 0 unspecified atom stereocenters. The molecule has 0 saturated heterocycles. The first-order valence-corrected chi connectivity index (χ1v) is 6.76. The summed E-state index contributed by atoms with van der Waals surface area (Å²) in [5.74, 6) is 0. The summed E-state index contributed by atoms with van der Waals surface area (Å²) in [7, 11) is 0. The largest absolute Gasteiger partial charge is 0.192 e. The van der Waals surface area contributed by atoms with E-state index in [0.717, 1.165) is 26.4 Å². The molecule has 3 rings (SSSR count). The van der Waals surface area contributed by atoms with Crippen LogP contribution in [0.15, 0.2) is 65.1 Å². The van der Waals surface area contributed by atoms with Crippen LogP contribution in [0.1, 0.15) is 5.56 Å². The monoisotopic (exact) mass is 307 g/mol. The van der Waals surface area contributed by atoms with Crippen molar-refractivity contribution >= 4 is 26.7 Å². The minimum atomic E-state index is 0.709. The molecule has 0 fully saturated rings. The van der Waals surface area contributed by atoms with E-state index >= 15 is 0 Å². The number of benzene rings is 3. The Bertz CT molecular complexity index is 782. The molecule has 2 heteroatoms. The summed E-state index contributed by atoms with van der Waals surface area (Å²) < 4.78 is 1.04. The van der Waals surface area contributed by atoms with Crippen molar-refractivity contribution in [2.45, 2.75) is 0 Å². The molecule has 3 aromatic rings. The van der Waals surface area contributed by atoms with Crippen molar-refractivity contribution in [1.82, 2.24) is 0 Å². The highest BCUT2D eigenvalue weighted by molar-refractivity contribution is 9.10. The summed E-state index contributed by atoms with van der Waals surface area (Å²) >= 11 is 3.43. The number of hydrogen-bond donors (Lipinski definition) is 0. The van der Waals surface area contributed by atoms with Gasteiger partial charge in [-0.15, -0.1) is 0 Å². The van der Waals surface area contributed by atoms with Gasteiger partial charge in [-0.05, 0) is 40.6 Å². The smallest absolute Gasteiger partial charge is 0.0998 e. The second-order valence-electron chi connectivity index (χ2n) is 4.36. The van der Waals surface area contributed by atoms with E-state index in [1.54, 1.807) is 0 Å². The zero-order chi connectivity index (χ0) is 13.2. The van der Waals surface area contributed by atoms with E-state index in [1.807, 2.05) is 48.5 Å². The fourth-order valence-corrected chi connectivity index (χ4v) is 2.47. The van der Waals surface area contributed by atoms with E-state index in [9.17, 15) is 5.26 Å². The molecule has 0 N–H and O–H groups in total. The summed E-state index contributed by atoms with van der Waals surface area (Å²) in [6.07, 6.45) is 0. The lowest BCUT2D eigenvalue weighted by molar-refractivity contribution is 1.49. The number of rotatable bonds is 1. The molecule has 0 aliphatic heterocycles. The topological polar surface area (TPSA) is 23.8 Å². The first-order valence-electron chi connectivity index (χ1n) is 5.97. The van der Waals surface area contributed by atoms with Crippen LogP contribution < -0.4 is 0 Å². The van der Waals surface area contributed by atoms with Gasteiger partial charge in [0.15, 0.2) is 0 Å². The Morgan fingerprint density at radius 3 is 2.11 bits per heavy atom. The summed E-state index contributed by atoms with van der Waals surface area (Å²) in [5.41, 5.74) is 2.75. The first kappa shape index (κ1) is 12.0. The van der Waals surface area contributed by atoms with Crippen molar-refractivity contribution in [3.63, 3.8) is 0 Å². The van der Waals surface area contributed by atoms with E-state index in [2.05, 4.69) is 34.1 Å². The van der Waals surface area contributed by atoms with Crippen molar-refractivity contribution in [2.75, 3.05) is 0 Å². The summed E-state index contributed by atoms with van der Waals surface area (Å²) in [4.78, 5) is 0. The van der Waals surface area contributed by atoms with Crippen LogP contribution in [0.25, 0.3) is 21.9 Å². The lowest BCUT2D eigenvalue weighted by atomic mass is 9.96. The minimum Gasteiger partial charge on any atom is -0.192 e. The molecule has 90 valence electrons. The van der Waals surface area contributed by atoms with E-state index in [4.69, 9.17) is 0 Å². The van der Waals surface area contributed by atoms with Gasteiger partial charge in [0, 0.05) is 10.0 Å². The van der Waals surface area contributed by atoms with Crippen molar-refractivity contribution in [2.24, 2.45) is 0 Å². The van der Waals surface area contributed by atoms with Gasteiger partial charge in [-0.1, -0.05) is 52.3 Å². The molecule has 3 aromatic carbocycles. The van der Waals surface area contributed by atoms with Gasteiger partial charge in [-0.3, -0.25) is 0 Å². The molecule has 0 aliphatic carbocycles. The molecule has 0 radical (unpaired) electrons. The van der Waals surface area contributed by atoms with Crippen LogP contribution in [0.2, 0.25) is 0 Å². The Morgan fingerprint density at radius 1 is 0.842 bits per heavy atom. The maximum Gasteiger partial charge on any atom is 0.0998 e. The summed E-state index contributed by atoms with van der Waals surface area (Å²) in [6.45, 7) is 0. The van der Waals surface area contributed by atoms with Gasteiger partial charge < -0.3 is 0 Å². The standard InChI is InChI=1S/C17H10BrN/c18-16-7-5-12(6-8-16)17-10-14-4-2-1-3-13(14)9-15(17)11-19/h1-10H. The Balaban J connectivity index is 2.27. The van der Waals surface area contributed by atoms with E-state index in [-0.39, 0.29) is 0 Å². The van der Waals surface area contributed by atoms with Crippen LogP contribution >= 0.6 is 15.9 Å². The third-order valence-electron chi connectivity index (χ3n) is 3.16. The van der Waals surface area contributed by atoms with Crippen LogP contribution in [0.3, 0.4) is 0 Å². The van der Waals surface area contributed by atoms with Gasteiger partial charge in [0.1, 0.15) is 0 Å². The minimum absolute atomic E-state index is 0.709. The average Bonchev–Trinajstić information content (AvgIpc) is 2.46. The maximum atomic E-state index is 9.33. The van der Waals surface area contributed by atoms with Crippen LogP contribution in [-0.2, 0) is 0 Å². The van der Waals surface area contributed by atoms with Crippen LogP contribution in [-0.4, -0.2) is 0 Å². The average molecular weight is 308 g/mol.